The number of benzene rings is 1. The van der Waals surface area contributed by atoms with Crippen molar-refractivity contribution in [2.45, 2.75) is 20.4 Å². The highest BCUT2D eigenvalue weighted by Gasteiger charge is 2.21. The fourth-order valence-electron chi connectivity index (χ4n) is 2.28. The average Bonchev–Trinajstić information content (AvgIpc) is 2.60. The Morgan fingerprint density at radius 3 is 3.05 bits per heavy atom. The molecule has 1 aliphatic heterocycles. The first-order chi connectivity index (χ1) is 9.20. The van der Waals surface area contributed by atoms with E-state index in [-0.39, 0.29) is 11.9 Å². The standard InChI is InChI=1S/C15H21NO3/c1-3-18-15(17)12(2)10-16-8-9-19-14-7-5-4-6-13(14)11-16/h4-7,12H,3,8-11H2,1-2H3. The maximum atomic E-state index is 11.7. The van der Waals surface area contributed by atoms with Gasteiger partial charge in [0.2, 0.25) is 0 Å². The van der Waals surface area contributed by atoms with Crippen molar-refractivity contribution >= 4 is 5.97 Å². The van der Waals surface area contributed by atoms with Crippen molar-refractivity contribution in [1.29, 1.82) is 0 Å². The summed E-state index contributed by atoms with van der Waals surface area (Å²) in [5.41, 5.74) is 1.18. The van der Waals surface area contributed by atoms with E-state index in [9.17, 15) is 4.79 Å². The Morgan fingerprint density at radius 1 is 1.47 bits per heavy atom. The number of hydrogen-bond acceptors (Lipinski definition) is 4. The first-order valence-electron chi connectivity index (χ1n) is 6.80. The molecule has 0 bridgehead atoms. The second kappa shape index (κ2) is 6.57. The van der Waals surface area contributed by atoms with Crippen LogP contribution in [0.4, 0.5) is 0 Å². The Labute approximate surface area is 114 Å². The van der Waals surface area contributed by atoms with Crippen LogP contribution in [0.25, 0.3) is 0 Å². The van der Waals surface area contributed by atoms with E-state index in [1.807, 2.05) is 32.0 Å². The van der Waals surface area contributed by atoms with Crippen LogP contribution in [0.3, 0.4) is 0 Å². The van der Waals surface area contributed by atoms with Gasteiger partial charge in [-0.2, -0.15) is 0 Å². The molecule has 0 aliphatic carbocycles. The fraction of sp³-hybridized carbons (Fsp3) is 0.533. The minimum absolute atomic E-state index is 0.106. The lowest BCUT2D eigenvalue weighted by Crippen LogP contribution is -2.33. The van der Waals surface area contributed by atoms with Gasteiger partial charge in [0.25, 0.3) is 0 Å². The maximum Gasteiger partial charge on any atom is 0.309 e. The molecule has 104 valence electrons. The van der Waals surface area contributed by atoms with Gasteiger partial charge in [0.15, 0.2) is 0 Å². The minimum Gasteiger partial charge on any atom is -0.492 e. The number of carbonyl (C=O) groups excluding carboxylic acids is 1. The van der Waals surface area contributed by atoms with Crippen molar-refractivity contribution in [2.24, 2.45) is 5.92 Å². The number of fused-ring (bicyclic) bond motifs is 1. The first kappa shape index (κ1) is 13.9. The van der Waals surface area contributed by atoms with Crippen LogP contribution in [0.5, 0.6) is 5.75 Å². The van der Waals surface area contributed by atoms with Gasteiger partial charge in [-0.05, 0) is 13.0 Å². The Bertz CT molecular complexity index is 433. The molecule has 0 amide bonds. The van der Waals surface area contributed by atoms with Gasteiger partial charge in [-0.3, -0.25) is 9.69 Å². The lowest BCUT2D eigenvalue weighted by atomic mass is 10.1. The average molecular weight is 263 g/mol. The van der Waals surface area contributed by atoms with Crippen LogP contribution in [-0.4, -0.2) is 37.2 Å². The van der Waals surface area contributed by atoms with Crippen LogP contribution >= 0.6 is 0 Å². The molecule has 19 heavy (non-hydrogen) atoms. The second-order valence-corrected chi connectivity index (χ2v) is 4.84. The lowest BCUT2D eigenvalue weighted by molar-refractivity contribution is -0.148. The van der Waals surface area contributed by atoms with E-state index in [2.05, 4.69) is 11.0 Å². The van der Waals surface area contributed by atoms with Crippen molar-refractivity contribution in [1.82, 2.24) is 4.90 Å². The van der Waals surface area contributed by atoms with Crippen LogP contribution in [0, 0.1) is 5.92 Å². The first-order valence-corrected chi connectivity index (χ1v) is 6.80. The van der Waals surface area contributed by atoms with E-state index < -0.39 is 0 Å². The van der Waals surface area contributed by atoms with Gasteiger partial charge < -0.3 is 9.47 Å². The lowest BCUT2D eigenvalue weighted by Gasteiger charge is -2.22. The molecule has 1 unspecified atom stereocenters. The van der Waals surface area contributed by atoms with Crippen LogP contribution in [-0.2, 0) is 16.1 Å². The van der Waals surface area contributed by atoms with E-state index in [0.717, 1.165) is 18.8 Å². The zero-order chi connectivity index (χ0) is 13.7. The molecule has 4 heteroatoms. The highest BCUT2D eigenvalue weighted by molar-refractivity contribution is 5.72. The Kier molecular flexibility index (Phi) is 4.80. The van der Waals surface area contributed by atoms with Gasteiger partial charge in [-0.25, -0.2) is 0 Å². The molecular weight excluding hydrogens is 242 g/mol. The SMILES string of the molecule is CCOC(=O)C(C)CN1CCOc2ccccc2C1. The number of nitrogens with zero attached hydrogens (tertiary/aromatic N) is 1. The van der Waals surface area contributed by atoms with Gasteiger partial charge in [0.1, 0.15) is 12.4 Å². The number of para-hydroxylation sites is 1. The van der Waals surface area contributed by atoms with Crippen molar-refractivity contribution in [2.75, 3.05) is 26.3 Å². The molecule has 0 radical (unpaired) electrons. The largest absolute Gasteiger partial charge is 0.492 e. The van der Waals surface area contributed by atoms with Gasteiger partial charge in [0, 0.05) is 25.2 Å². The predicted molar refractivity (Wildman–Crippen MR) is 73.0 cm³/mol. The predicted octanol–water partition coefficient (Wildman–Crippen LogP) is 2.08. The number of hydrogen-bond donors (Lipinski definition) is 0. The molecule has 1 aliphatic rings. The second-order valence-electron chi connectivity index (χ2n) is 4.84. The summed E-state index contributed by atoms with van der Waals surface area (Å²) in [4.78, 5) is 13.9. The Balaban J connectivity index is 1.97. The minimum atomic E-state index is -0.124. The third-order valence-corrected chi connectivity index (χ3v) is 3.25. The number of ether oxygens (including phenoxy) is 2. The van der Waals surface area contributed by atoms with Crippen LogP contribution < -0.4 is 4.74 Å². The zero-order valence-electron chi connectivity index (χ0n) is 11.6. The molecule has 4 nitrogen and oxygen atoms in total. The molecule has 0 N–H and O–H groups in total. The van der Waals surface area contributed by atoms with Gasteiger partial charge in [0.05, 0.1) is 12.5 Å². The molecule has 0 aromatic heterocycles. The zero-order valence-corrected chi connectivity index (χ0v) is 11.6. The monoisotopic (exact) mass is 263 g/mol. The topological polar surface area (TPSA) is 38.8 Å². The third kappa shape index (κ3) is 3.70. The van der Waals surface area contributed by atoms with Crippen LogP contribution in [0.15, 0.2) is 24.3 Å². The summed E-state index contributed by atoms with van der Waals surface area (Å²) in [6.07, 6.45) is 0. The molecule has 0 spiro atoms. The van der Waals surface area contributed by atoms with Crippen molar-refractivity contribution in [3.05, 3.63) is 29.8 Å². The summed E-state index contributed by atoms with van der Waals surface area (Å²) in [7, 11) is 0. The van der Waals surface area contributed by atoms with Crippen molar-refractivity contribution in [3.8, 4) is 5.75 Å². The Hall–Kier alpha value is -1.55. The number of carbonyl (C=O) groups is 1. The normalized spacial score (nSPS) is 16.9. The van der Waals surface area contributed by atoms with Gasteiger partial charge >= 0.3 is 5.97 Å². The van der Waals surface area contributed by atoms with Crippen molar-refractivity contribution < 1.29 is 14.3 Å². The quantitative estimate of drug-likeness (QED) is 0.780. The summed E-state index contributed by atoms with van der Waals surface area (Å²) in [5.74, 6) is 0.722. The van der Waals surface area contributed by atoms with E-state index in [4.69, 9.17) is 9.47 Å². The molecular formula is C15H21NO3. The summed E-state index contributed by atoms with van der Waals surface area (Å²) >= 11 is 0. The third-order valence-electron chi connectivity index (χ3n) is 3.25. The van der Waals surface area contributed by atoms with Gasteiger partial charge in [-0.1, -0.05) is 25.1 Å². The van der Waals surface area contributed by atoms with E-state index >= 15 is 0 Å². The molecule has 0 fully saturated rings. The molecule has 1 aromatic carbocycles. The highest BCUT2D eigenvalue weighted by atomic mass is 16.5. The summed E-state index contributed by atoms with van der Waals surface area (Å²) in [6, 6.07) is 8.06. The molecule has 1 atom stereocenters. The van der Waals surface area contributed by atoms with Gasteiger partial charge in [-0.15, -0.1) is 0 Å². The van der Waals surface area contributed by atoms with Crippen LogP contribution in [0.2, 0.25) is 0 Å². The highest BCUT2D eigenvalue weighted by Crippen LogP contribution is 2.22. The fourth-order valence-corrected chi connectivity index (χ4v) is 2.28. The molecule has 1 aromatic rings. The van der Waals surface area contributed by atoms with E-state index in [1.54, 1.807) is 0 Å². The van der Waals surface area contributed by atoms with E-state index in [1.165, 1.54) is 5.56 Å². The molecule has 0 saturated carbocycles. The van der Waals surface area contributed by atoms with Crippen LogP contribution in [0.1, 0.15) is 19.4 Å². The summed E-state index contributed by atoms with van der Waals surface area (Å²) < 4.78 is 10.8. The summed E-state index contributed by atoms with van der Waals surface area (Å²) in [6.45, 7) is 7.20. The molecule has 2 rings (SSSR count). The number of rotatable bonds is 4. The smallest absolute Gasteiger partial charge is 0.309 e. The molecule has 1 heterocycles. The Morgan fingerprint density at radius 2 is 2.26 bits per heavy atom. The van der Waals surface area contributed by atoms with Crippen molar-refractivity contribution in [3.63, 3.8) is 0 Å². The summed E-state index contributed by atoms with van der Waals surface area (Å²) in [5, 5.41) is 0. The number of esters is 1. The maximum absolute atomic E-state index is 11.7. The molecule has 0 saturated heterocycles. The van der Waals surface area contributed by atoms with E-state index in [0.29, 0.717) is 19.8 Å².